The highest BCUT2D eigenvalue weighted by Crippen LogP contribution is 2.67. The highest BCUT2D eigenvalue weighted by Gasteiger charge is 2.76. The van der Waals surface area contributed by atoms with Gasteiger partial charge in [-0.2, -0.15) is 0 Å². The minimum Gasteiger partial charge on any atom is -0.483 e. The average molecular weight is 643 g/mol. The smallest absolute Gasteiger partial charge is 0.308 e. The van der Waals surface area contributed by atoms with E-state index in [0.717, 1.165) is 31.5 Å². The summed E-state index contributed by atoms with van der Waals surface area (Å²) in [5, 5.41) is 0. The Bertz CT molecular complexity index is 1600. The van der Waals surface area contributed by atoms with E-state index in [1.54, 1.807) is 0 Å². The van der Waals surface area contributed by atoms with Crippen molar-refractivity contribution in [3.63, 3.8) is 0 Å². The number of likely N-dealkylation sites (tertiary alicyclic amines) is 1. The molecular formula is C39H50N2O6. The Morgan fingerprint density at radius 2 is 1.81 bits per heavy atom. The fourth-order valence-electron chi connectivity index (χ4n) is 9.60. The monoisotopic (exact) mass is 642 g/mol. The van der Waals surface area contributed by atoms with Crippen molar-refractivity contribution in [2.75, 3.05) is 19.6 Å². The molecule has 2 aliphatic heterocycles. The van der Waals surface area contributed by atoms with Crippen molar-refractivity contribution in [1.29, 1.82) is 0 Å². The molecule has 3 aliphatic carbocycles. The summed E-state index contributed by atoms with van der Waals surface area (Å²) < 4.78 is 19.5. The largest absolute Gasteiger partial charge is 0.483 e. The second-order valence-electron chi connectivity index (χ2n) is 15.4. The van der Waals surface area contributed by atoms with Crippen molar-refractivity contribution in [3.8, 4) is 11.5 Å². The number of rotatable bonds is 10. The summed E-state index contributed by atoms with van der Waals surface area (Å²) in [6.07, 6.45) is 5.98. The molecule has 1 spiro atoms. The molecular weight excluding hydrogens is 592 g/mol. The zero-order chi connectivity index (χ0) is 33.2. The van der Waals surface area contributed by atoms with Gasteiger partial charge in [0.25, 0.3) is 0 Å². The lowest BCUT2D eigenvalue weighted by Crippen LogP contribution is -2.79. The van der Waals surface area contributed by atoms with E-state index in [1.165, 1.54) is 48.9 Å². The van der Waals surface area contributed by atoms with Crippen LogP contribution in [0.25, 0.3) is 0 Å². The molecule has 3 fully saturated rings. The maximum absolute atomic E-state index is 14.4. The average Bonchev–Trinajstić information content (AvgIpc) is 3.75. The molecule has 252 valence electrons. The molecule has 2 saturated carbocycles. The van der Waals surface area contributed by atoms with Crippen LogP contribution in [0.4, 0.5) is 0 Å². The third kappa shape index (κ3) is 5.35. The maximum atomic E-state index is 14.4. The van der Waals surface area contributed by atoms with E-state index in [2.05, 4.69) is 61.8 Å². The summed E-state index contributed by atoms with van der Waals surface area (Å²) >= 11 is 0. The third-order valence-corrected chi connectivity index (χ3v) is 11.7. The van der Waals surface area contributed by atoms with Gasteiger partial charge in [0.2, 0.25) is 5.91 Å². The van der Waals surface area contributed by atoms with Crippen LogP contribution in [0.2, 0.25) is 0 Å². The topological polar surface area (TPSA) is 85.4 Å². The second kappa shape index (κ2) is 11.9. The van der Waals surface area contributed by atoms with Gasteiger partial charge in [-0.05, 0) is 105 Å². The van der Waals surface area contributed by atoms with Crippen molar-refractivity contribution in [3.05, 3.63) is 58.1 Å². The number of carbonyl (C=O) groups excluding carboxylic acids is 3. The predicted octanol–water partition coefficient (Wildman–Crippen LogP) is 5.85. The fourth-order valence-corrected chi connectivity index (χ4v) is 9.60. The molecule has 2 aromatic carbocycles. The summed E-state index contributed by atoms with van der Waals surface area (Å²) in [6, 6.07) is 10.2. The molecule has 2 aromatic rings. The number of hydrogen-bond donors (Lipinski definition) is 0. The van der Waals surface area contributed by atoms with Crippen molar-refractivity contribution in [2.24, 2.45) is 11.8 Å². The molecule has 8 heteroatoms. The molecule has 8 nitrogen and oxygen atoms in total. The Labute approximate surface area is 279 Å². The van der Waals surface area contributed by atoms with Crippen LogP contribution in [0.1, 0.15) is 94.0 Å². The molecule has 47 heavy (non-hydrogen) atoms. The van der Waals surface area contributed by atoms with E-state index < -0.39 is 23.1 Å². The molecule has 5 aliphatic rings. The summed E-state index contributed by atoms with van der Waals surface area (Å²) in [6.45, 7) is 14.0. The normalized spacial score (nSPS) is 28.8. The molecule has 1 amide bonds. The van der Waals surface area contributed by atoms with Crippen LogP contribution >= 0.6 is 0 Å². The molecule has 5 atom stereocenters. The Hall–Kier alpha value is -3.39. The SMILES string of the molecule is CC(=O)Oc1ccc2c3c1OC1C(N(CC(C)C)C(=O)CCc4ccc(C)c(C)c4)CC[C@@]4(OC(C)=O)[C@@H](C2)N(CC2CC2)CC[C@]314. The van der Waals surface area contributed by atoms with E-state index in [0.29, 0.717) is 49.6 Å². The number of ether oxygens (including phenoxy) is 3. The van der Waals surface area contributed by atoms with Crippen molar-refractivity contribution < 1.29 is 28.6 Å². The number of nitrogens with zero attached hydrogens (tertiary/aromatic N) is 2. The lowest BCUT2D eigenvalue weighted by atomic mass is 9.48. The second-order valence-corrected chi connectivity index (χ2v) is 15.4. The number of hydrogen-bond acceptors (Lipinski definition) is 7. The minimum absolute atomic E-state index is 0.0184. The van der Waals surface area contributed by atoms with E-state index in [4.69, 9.17) is 14.2 Å². The highest BCUT2D eigenvalue weighted by atomic mass is 16.6. The Morgan fingerprint density at radius 1 is 1.02 bits per heavy atom. The van der Waals surface area contributed by atoms with Crippen molar-refractivity contribution in [1.82, 2.24) is 9.80 Å². The summed E-state index contributed by atoms with van der Waals surface area (Å²) in [7, 11) is 0. The van der Waals surface area contributed by atoms with Crippen LogP contribution < -0.4 is 9.47 Å². The van der Waals surface area contributed by atoms with Crippen LogP contribution in [0.3, 0.4) is 0 Å². The molecule has 1 saturated heterocycles. The molecule has 0 aromatic heterocycles. The van der Waals surface area contributed by atoms with Crippen molar-refractivity contribution in [2.45, 2.75) is 122 Å². The first kappa shape index (κ1) is 32.2. The van der Waals surface area contributed by atoms with Crippen LogP contribution in [-0.4, -0.2) is 71.1 Å². The van der Waals surface area contributed by atoms with Gasteiger partial charge >= 0.3 is 11.9 Å². The molecule has 2 heterocycles. The van der Waals surface area contributed by atoms with Gasteiger partial charge in [0.05, 0.1) is 17.5 Å². The molecule has 2 unspecified atom stereocenters. The summed E-state index contributed by atoms with van der Waals surface area (Å²) in [5.74, 6) is 1.39. The zero-order valence-electron chi connectivity index (χ0n) is 28.9. The number of aryl methyl sites for hydroxylation is 3. The first-order chi connectivity index (χ1) is 22.4. The lowest BCUT2D eigenvalue weighted by Gasteiger charge is -2.65. The summed E-state index contributed by atoms with van der Waals surface area (Å²) in [5.41, 5.74) is 4.39. The van der Waals surface area contributed by atoms with Gasteiger partial charge in [-0.25, -0.2) is 0 Å². The van der Waals surface area contributed by atoms with Gasteiger partial charge in [0.1, 0.15) is 11.7 Å². The van der Waals surface area contributed by atoms with Crippen LogP contribution in [0, 0.1) is 25.7 Å². The standard InChI is InChI=1S/C39H50N2O6/c1-23(2)21-41(34(44)14-11-28-8-7-24(3)25(4)19-28)31-15-16-39(47-27(6)43)33-20-30-12-13-32(45-26(5)42)36-35(30)38(39,37(31)46-36)17-18-40(33)22-29-9-10-29/h7-8,12-13,19,23,29,31,33,37H,9-11,14-18,20-22H2,1-6H3/t31?,33-,37?,38+,39-/m1/s1. The lowest BCUT2D eigenvalue weighted by molar-refractivity contribution is -0.224. The van der Waals surface area contributed by atoms with E-state index in [-0.39, 0.29) is 29.9 Å². The Balaban J connectivity index is 1.31. The van der Waals surface area contributed by atoms with Crippen LogP contribution in [0.15, 0.2) is 30.3 Å². The van der Waals surface area contributed by atoms with Gasteiger partial charge in [-0.15, -0.1) is 0 Å². The first-order valence-corrected chi connectivity index (χ1v) is 17.7. The van der Waals surface area contributed by atoms with Gasteiger partial charge < -0.3 is 19.1 Å². The van der Waals surface area contributed by atoms with E-state index in [9.17, 15) is 14.4 Å². The van der Waals surface area contributed by atoms with Crippen LogP contribution in [0.5, 0.6) is 11.5 Å². The quantitative estimate of drug-likeness (QED) is 0.238. The number of carbonyl (C=O) groups is 3. The maximum Gasteiger partial charge on any atom is 0.308 e. The molecule has 0 N–H and O–H groups in total. The number of piperidine rings is 1. The van der Waals surface area contributed by atoms with Crippen molar-refractivity contribution >= 4 is 17.8 Å². The summed E-state index contributed by atoms with van der Waals surface area (Å²) in [4.78, 5) is 44.4. The fraction of sp³-hybridized carbons (Fsp3) is 0.615. The zero-order valence-corrected chi connectivity index (χ0v) is 28.9. The van der Waals surface area contributed by atoms with Gasteiger partial charge in [0.15, 0.2) is 11.5 Å². The molecule has 0 radical (unpaired) electrons. The van der Waals surface area contributed by atoms with Gasteiger partial charge in [0, 0.05) is 38.9 Å². The Kier molecular flexibility index (Phi) is 8.17. The van der Waals surface area contributed by atoms with E-state index >= 15 is 0 Å². The van der Waals surface area contributed by atoms with Gasteiger partial charge in [-0.3, -0.25) is 19.3 Å². The number of benzene rings is 2. The van der Waals surface area contributed by atoms with Gasteiger partial charge in [-0.1, -0.05) is 38.1 Å². The minimum atomic E-state index is -0.799. The number of esters is 2. The van der Waals surface area contributed by atoms with E-state index in [1.807, 2.05) is 6.07 Å². The predicted molar refractivity (Wildman–Crippen MR) is 179 cm³/mol. The third-order valence-electron chi connectivity index (χ3n) is 11.7. The highest BCUT2D eigenvalue weighted by molar-refractivity contribution is 5.78. The number of amides is 1. The molecule has 7 rings (SSSR count). The Morgan fingerprint density at radius 3 is 2.49 bits per heavy atom. The van der Waals surface area contributed by atoms with Crippen LogP contribution in [-0.2, 0) is 37.4 Å². The first-order valence-electron chi connectivity index (χ1n) is 17.7. The molecule has 2 bridgehead atoms.